The first-order valence-electron chi connectivity index (χ1n) is 12.3. The maximum atomic E-state index is 12.7. The number of anilines is 1. The summed E-state index contributed by atoms with van der Waals surface area (Å²) in [5, 5.41) is 5.91. The molecule has 0 aromatic heterocycles. The van der Waals surface area contributed by atoms with Crippen LogP contribution in [0.5, 0.6) is 0 Å². The normalized spacial score (nSPS) is 20.3. The van der Waals surface area contributed by atoms with Gasteiger partial charge in [0, 0.05) is 56.9 Å². The molecule has 3 rings (SSSR count). The average molecular weight is 458 g/mol. The number of urea groups is 1. The Labute approximate surface area is 197 Å². The zero-order chi connectivity index (χ0) is 23.8. The standard InChI is InChI=1S/C25H39N5O3/c1-4-19(2)24(32)27-22-10-7-9-21(16-22)17-26-25(33)29-14-12-28(13-15-29)18-23(31)30-11-6-5-8-20(30)3/h7,9-10,16,19-20H,4-6,8,11-15,17-18H2,1-3H3,(H,26,33)(H,27,32). The molecule has 0 spiro atoms. The van der Waals surface area contributed by atoms with Gasteiger partial charge in [0.25, 0.3) is 0 Å². The lowest BCUT2D eigenvalue weighted by atomic mass is 10.0. The highest BCUT2D eigenvalue weighted by molar-refractivity contribution is 5.92. The number of likely N-dealkylation sites (tertiary alicyclic amines) is 1. The minimum absolute atomic E-state index is 0.00443. The molecule has 182 valence electrons. The number of benzene rings is 1. The molecule has 33 heavy (non-hydrogen) atoms. The smallest absolute Gasteiger partial charge is 0.317 e. The van der Waals surface area contributed by atoms with Crippen LogP contribution in [0.1, 0.15) is 52.0 Å². The molecule has 1 aromatic carbocycles. The van der Waals surface area contributed by atoms with Crippen molar-refractivity contribution in [1.29, 1.82) is 0 Å². The molecule has 8 nitrogen and oxygen atoms in total. The van der Waals surface area contributed by atoms with E-state index in [1.807, 2.05) is 43.0 Å². The molecule has 2 atom stereocenters. The molecule has 0 bridgehead atoms. The van der Waals surface area contributed by atoms with Crippen LogP contribution in [0.15, 0.2) is 24.3 Å². The zero-order valence-electron chi connectivity index (χ0n) is 20.3. The lowest BCUT2D eigenvalue weighted by Crippen LogP contribution is -2.54. The number of carbonyl (C=O) groups is 3. The molecule has 2 fully saturated rings. The fraction of sp³-hybridized carbons (Fsp3) is 0.640. The predicted molar refractivity (Wildman–Crippen MR) is 130 cm³/mol. The van der Waals surface area contributed by atoms with Crippen molar-refractivity contribution in [2.45, 2.75) is 59.0 Å². The summed E-state index contributed by atoms with van der Waals surface area (Å²) >= 11 is 0. The lowest BCUT2D eigenvalue weighted by molar-refractivity contribution is -0.136. The van der Waals surface area contributed by atoms with E-state index < -0.39 is 0 Å². The van der Waals surface area contributed by atoms with Crippen molar-refractivity contribution in [1.82, 2.24) is 20.0 Å². The summed E-state index contributed by atoms with van der Waals surface area (Å²) in [4.78, 5) is 43.4. The van der Waals surface area contributed by atoms with E-state index in [0.29, 0.717) is 45.3 Å². The first-order chi connectivity index (χ1) is 15.9. The molecule has 0 saturated carbocycles. The van der Waals surface area contributed by atoms with Gasteiger partial charge < -0.3 is 20.4 Å². The van der Waals surface area contributed by atoms with Gasteiger partial charge in [-0.3, -0.25) is 14.5 Å². The molecule has 2 saturated heterocycles. The van der Waals surface area contributed by atoms with Crippen molar-refractivity contribution in [2.24, 2.45) is 5.92 Å². The molecule has 2 N–H and O–H groups in total. The Hall–Kier alpha value is -2.61. The van der Waals surface area contributed by atoms with Gasteiger partial charge in [-0.15, -0.1) is 0 Å². The van der Waals surface area contributed by atoms with Crippen LogP contribution >= 0.6 is 0 Å². The van der Waals surface area contributed by atoms with Gasteiger partial charge in [0.15, 0.2) is 0 Å². The Balaban J connectivity index is 1.41. The number of carbonyl (C=O) groups excluding carboxylic acids is 3. The molecule has 1 aromatic rings. The van der Waals surface area contributed by atoms with Crippen LogP contribution in [0.2, 0.25) is 0 Å². The zero-order valence-corrected chi connectivity index (χ0v) is 20.3. The second-order valence-corrected chi connectivity index (χ2v) is 9.35. The number of hydrogen-bond acceptors (Lipinski definition) is 4. The van der Waals surface area contributed by atoms with E-state index in [0.717, 1.165) is 37.1 Å². The minimum atomic E-state index is -0.0975. The predicted octanol–water partition coefficient (Wildman–Crippen LogP) is 2.90. The second-order valence-electron chi connectivity index (χ2n) is 9.35. The number of rotatable bonds is 7. The van der Waals surface area contributed by atoms with Gasteiger partial charge >= 0.3 is 6.03 Å². The van der Waals surface area contributed by atoms with E-state index in [1.54, 1.807) is 4.90 Å². The lowest BCUT2D eigenvalue weighted by Gasteiger charge is -2.38. The highest BCUT2D eigenvalue weighted by atomic mass is 16.2. The number of nitrogens with zero attached hydrogens (tertiary/aromatic N) is 3. The van der Waals surface area contributed by atoms with Crippen molar-refractivity contribution in [3.05, 3.63) is 29.8 Å². The van der Waals surface area contributed by atoms with Gasteiger partial charge in [-0.1, -0.05) is 26.0 Å². The van der Waals surface area contributed by atoms with Crippen LogP contribution < -0.4 is 10.6 Å². The maximum Gasteiger partial charge on any atom is 0.317 e. The summed E-state index contributed by atoms with van der Waals surface area (Å²) in [7, 11) is 0. The third kappa shape index (κ3) is 7.19. The van der Waals surface area contributed by atoms with Crippen molar-refractivity contribution in [3.8, 4) is 0 Å². The fourth-order valence-electron chi connectivity index (χ4n) is 4.36. The molecular weight excluding hydrogens is 418 g/mol. The van der Waals surface area contributed by atoms with Gasteiger partial charge in [0.05, 0.1) is 6.54 Å². The van der Waals surface area contributed by atoms with Crippen LogP contribution in [-0.4, -0.2) is 77.9 Å². The molecule has 0 aliphatic carbocycles. The van der Waals surface area contributed by atoms with E-state index >= 15 is 0 Å². The monoisotopic (exact) mass is 457 g/mol. The van der Waals surface area contributed by atoms with Crippen molar-refractivity contribution in [2.75, 3.05) is 44.6 Å². The van der Waals surface area contributed by atoms with E-state index in [-0.39, 0.29) is 23.8 Å². The molecule has 2 unspecified atom stereocenters. The summed E-state index contributed by atoms with van der Waals surface area (Å²) in [5.41, 5.74) is 1.68. The highest BCUT2D eigenvalue weighted by Gasteiger charge is 2.27. The van der Waals surface area contributed by atoms with E-state index in [1.165, 1.54) is 6.42 Å². The first kappa shape index (κ1) is 25.0. The van der Waals surface area contributed by atoms with Gasteiger partial charge in [0.2, 0.25) is 11.8 Å². The third-order valence-corrected chi connectivity index (χ3v) is 6.84. The van der Waals surface area contributed by atoms with Crippen LogP contribution in [0.4, 0.5) is 10.5 Å². The number of nitrogens with one attached hydrogen (secondary N) is 2. The largest absolute Gasteiger partial charge is 0.339 e. The fourth-order valence-corrected chi connectivity index (χ4v) is 4.36. The van der Waals surface area contributed by atoms with Crippen molar-refractivity contribution < 1.29 is 14.4 Å². The van der Waals surface area contributed by atoms with Gasteiger partial charge in [-0.05, 0) is 50.3 Å². The number of piperazine rings is 1. The Morgan fingerprint density at radius 3 is 2.55 bits per heavy atom. The van der Waals surface area contributed by atoms with Crippen LogP contribution in [0, 0.1) is 5.92 Å². The van der Waals surface area contributed by atoms with Crippen molar-refractivity contribution in [3.63, 3.8) is 0 Å². The van der Waals surface area contributed by atoms with Crippen molar-refractivity contribution >= 4 is 23.5 Å². The number of amides is 4. The highest BCUT2D eigenvalue weighted by Crippen LogP contribution is 2.17. The molecule has 2 aliphatic heterocycles. The van der Waals surface area contributed by atoms with Crippen LogP contribution in [0.25, 0.3) is 0 Å². The number of piperidine rings is 1. The van der Waals surface area contributed by atoms with Crippen LogP contribution in [-0.2, 0) is 16.1 Å². The maximum absolute atomic E-state index is 12.7. The molecule has 2 heterocycles. The van der Waals surface area contributed by atoms with Gasteiger partial charge in [0.1, 0.15) is 0 Å². The first-order valence-corrected chi connectivity index (χ1v) is 12.3. The van der Waals surface area contributed by atoms with E-state index in [9.17, 15) is 14.4 Å². The Morgan fingerprint density at radius 1 is 1.09 bits per heavy atom. The van der Waals surface area contributed by atoms with Crippen LogP contribution in [0.3, 0.4) is 0 Å². The topological polar surface area (TPSA) is 85.0 Å². The second kappa shape index (κ2) is 12.0. The SMILES string of the molecule is CCC(C)C(=O)Nc1cccc(CNC(=O)N2CCN(CC(=O)N3CCCCC3C)CC2)c1. The van der Waals surface area contributed by atoms with E-state index in [4.69, 9.17) is 0 Å². The molecule has 2 aliphatic rings. The Kier molecular flexibility index (Phi) is 9.11. The Morgan fingerprint density at radius 2 is 1.85 bits per heavy atom. The quantitative estimate of drug-likeness (QED) is 0.659. The summed E-state index contributed by atoms with van der Waals surface area (Å²) in [6.45, 7) is 10.4. The van der Waals surface area contributed by atoms with E-state index in [2.05, 4.69) is 22.5 Å². The van der Waals surface area contributed by atoms with Gasteiger partial charge in [-0.25, -0.2) is 4.79 Å². The van der Waals surface area contributed by atoms with Gasteiger partial charge in [-0.2, -0.15) is 0 Å². The summed E-state index contributed by atoms with van der Waals surface area (Å²) < 4.78 is 0. The summed E-state index contributed by atoms with van der Waals surface area (Å²) in [6.07, 6.45) is 4.18. The number of hydrogen-bond donors (Lipinski definition) is 2. The third-order valence-electron chi connectivity index (χ3n) is 6.84. The summed E-state index contributed by atoms with van der Waals surface area (Å²) in [5.74, 6) is 0.177. The molecule has 4 amide bonds. The Bertz CT molecular complexity index is 822. The molecular formula is C25H39N5O3. The molecule has 0 radical (unpaired) electrons. The minimum Gasteiger partial charge on any atom is -0.339 e. The average Bonchev–Trinajstić information content (AvgIpc) is 2.83. The summed E-state index contributed by atoms with van der Waals surface area (Å²) in [6, 6.07) is 7.80. The molecule has 8 heteroatoms.